The number of rotatable bonds is 1. The number of hydrogen-bond donors (Lipinski definition) is 0. The van der Waals surface area contributed by atoms with E-state index in [0.717, 1.165) is 18.3 Å². The van der Waals surface area contributed by atoms with Gasteiger partial charge in [-0.1, -0.05) is 12.5 Å². The third kappa shape index (κ3) is 1.70. The van der Waals surface area contributed by atoms with E-state index in [0.29, 0.717) is 6.04 Å². The van der Waals surface area contributed by atoms with Crippen molar-refractivity contribution in [3.05, 3.63) is 30.0 Å². The van der Waals surface area contributed by atoms with Crippen LogP contribution in [0.4, 0.5) is 0 Å². The number of methoxy groups -OCH3 is 1. The average molecular weight is 255 g/mol. The highest BCUT2D eigenvalue weighted by Crippen LogP contribution is 2.36. The summed E-state index contributed by atoms with van der Waals surface area (Å²) in [6.07, 6.45) is 8.37. The zero-order valence-electron chi connectivity index (χ0n) is 11.2. The third-order valence-electron chi connectivity index (χ3n) is 4.73. The second kappa shape index (κ2) is 4.31. The Morgan fingerprint density at radius 3 is 3.21 bits per heavy atom. The van der Waals surface area contributed by atoms with Gasteiger partial charge in [0.05, 0.1) is 7.11 Å². The van der Waals surface area contributed by atoms with Gasteiger partial charge in [-0.15, -0.1) is 0 Å². The zero-order chi connectivity index (χ0) is 12.8. The zero-order valence-corrected chi connectivity index (χ0v) is 11.2. The van der Waals surface area contributed by atoms with Gasteiger partial charge >= 0.3 is 7.05 Å². The van der Waals surface area contributed by atoms with Crippen molar-refractivity contribution in [2.24, 2.45) is 5.92 Å². The molecule has 0 N–H and O–H groups in total. The molecular weight excluding hydrogens is 237 g/mol. The molecule has 1 saturated heterocycles. The average Bonchev–Trinajstić information content (AvgIpc) is 2.94. The summed E-state index contributed by atoms with van der Waals surface area (Å²) in [5.74, 6) is 1.63. The fourth-order valence-electron chi connectivity index (χ4n) is 3.73. The molecule has 0 bridgehead atoms. The summed E-state index contributed by atoms with van der Waals surface area (Å²) in [6, 6.07) is 6.93. The molecule has 0 aromatic heterocycles. The Morgan fingerprint density at radius 2 is 2.32 bits per heavy atom. The van der Waals surface area contributed by atoms with Crippen LogP contribution in [0.15, 0.2) is 24.4 Å². The highest BCUT2D eigenvalue weighted by Gasteiger charge is 2.44. The van der Waals surface area contributed by atoms with Crippen LogP contribution in [0.2, 0.25) is 0 Å². The Balaban J connectivity index is 1.72. The maximum Gasteiger partial charge on any atom is 0.452 e. The van der Waals surface area contributed by atoms with Crippen molar-refractivity contribution in [1.82, 2.24) is 4.81 Å². The monoisotopic (exact) mass is 255 g/mol. The maximum atomic E-state index is 6.13. The molecule has 2 aliphatic heterocycles. The van der Waals surface area contributed by atoms with Crippen LogP contribution in [0.5, 0.6) is 5.75 Å². The van der Waals surface area contributed by atoms with Gasteiger partial charge in [-0.25, -0.2) is 0 Å². The van der Waals surface area contributed by atoms with Gasteiger partial charge in [0, 0.05) is 12.6 Å². The van der Waals surface area contributed by atoms with Crippen molar-refractivity contribution in [3.8, 4) is 5.75 Å². The van der Waals surface area contributed by atoms with Crippen molar-refractivity contribution < 1.29 is 9.39 Å². The molecule has 2 unspecified atom stereocenters. The van der Waals surface area contributed by atoms with E-state index in [1.165, 1.54) is 30.3 Å². The van der Waals surface area contributed by atoms with Gasteiger partial charge < -0.3 is 14.2 Å². The minimum absolute atomic E-state index is 0.102. The largest absolute Gasteiger partial charge is 0.497 e. The van der Waals surface area contributed by atoms with Crippen LogP contribution >= 0.6 is 0 Å². The third-order valence-corrected chi connectivity index (χ3v) is 4.73. The summed E-state index contributed by atoms with van der Waals surface area (Å²) in [7, 11) is 1.81. The van der Waals surface area contributed by atoms with Crippen molar-refractivity contribution in [2.75, 3.05) is 13.7 Å². The van der Waals surface area contributed by atoms with Crippen molar-refractivity contribution >= 4 is 18.6 Å². The van der Waals surface area contributed by atoms with Gasteiger partial charge in [-0.2, -0.15) is 0 Å². The SMILES string of the molecule is COc1ccc2c(c1)C=CN1B2OCC2CCCC21. The molecule has 1 aliphatic carbocycles. The molecule has 3 nitrogen and oxygen atoms in total. The van der Waals surface area contributed by atoms with Crippen LogP contribution in [0.25, 0.3) is 6.08 Å². The van der Waals surface area contributed by atoms with Gasteiger partial charge in [0.15, 0.2) is 0 Å². The first-order chi connectivity index (χ1) is 9.36. The molecule has 4 rings (SSSR count). The minimum Gasteiger partial charge on any atom is -0.497 e. The summed E-state index contributed by atoms with van der Waals surface area (Å²) in [4.78, 5) is 2.43. The van der Waals surface area contributed by atoms with Gasteiger partial charge in [0.1, 0.15) is 5.75 Å². The molecule has 4 heteroatoms. The van der Waals surface area contributed by atoms with Crippen molar-refractivity contribution in [2.45, 2.75) is 25.3 Å². The second-order valence-corrected chi connectivity index (χ2v) is 5.70. The van der Waals surface area contributed by atoms with Crippen molar-refractivity contribution in [3.63, 3.8) is 0 Å². The molecule has 3 aliphatic rings. The Morgan fingerprint density at radius 1 is 1.37 bits per heavy atom. The lowest BCUT2D eigenvalue weighted by Crippen LogP contribution is -2.60. The van der Waals surface area contributed by atoms with E-state index >= 15 is 0 Å². The van der Waals surface area contributed by atoms with E-state index in [2.05, 4.69) is 29.2 Å². The number of fused-ring (bicyclic) bond motifs is 5. The lowest BCUT2D eigenvalue weighted by atomic mass is 9.64. The van der Waals surface area contributed by atoms with E-state index in [9.17, 15) is 0 Å². The van der Waals surface area contributed by atoms with Crippen LogP contribution in [0.1, 0.15) is 24.8 Å². The molecule has 1 saturated carbocycles. The smallest absolute Gasteiger partial charge is 0.452 e. The van der Waals surface area contributed by atoms with Gasteiger partial charge in [-0.05, 0) is 54.2 Å². The van der Waals surface area contributed by atoms with E-state index in [4.69, 9.17) is 9.39 Å². The number of ether oxygens (including phenoxy) is 1. The van der Waals surface area contributed by atoms with Gasteiger partial charge in [-0.3, -0.25) is 0 Å². The van der Waals surface area contributed by atoms with Crippen molar-refractivity contribution in [1.29, 1.82) is 0 Å². The van der Waals surface area contributed by atoms with E-state index in [1.54, 1.807) is 7.11 Å². The summed E-state index contributed by atoms with van der Waals surface area (Å²) in [5, 5.41) is 0. The number of hydrogen-bond acceptors (Lipinski definition) is 3. The Bertz CT molecular complexity index is 531. The van der Waals surface area contributed by atoms with Gasteiger partial charge in [0.2, 0.25) is 0 Å². The molecule has 0 radical (unpaired) electrons. The predicted molar refractivity (Wildman–Crippen MR) is 76.3 cm³/mol. The first kappa shape index (κ1) is 11.4. The molecule has 2 fully saturated rings. The maximum absolute atomic E-state index is 6.13. The normalized spacial score (nSPS) is 27.8. The van der Waals surface area contributed by atoms with Crippen LogP contribution in [-0.2, 0) is 4.65 Å². The van der Waals surface area contributed by atoms with Gasteiger partial charge in [0.25, 0.3) is 0 Å². The lowest BCUT2D eigenvalue weighted by Gasteiger charge is -2.43. The minimum atomic E-state index is 0.102. The van der Waals surface area contributed by atoms with E-state index in [1.807, 2.05) is 6.07 Å². The Kier molecular flexibility index (Phi) is 2.59. The van der Waals surface area contributed by atoms with Crippen LogP contribution in [-0.4, -0.2) is 31.6 Å². The molecule has 98 valence electrons. The molecule has 2 heterocycles. The molecule has 1 aromatic rings. The molecule has 0 spiro atoms. The molecule has 1 aromatic carbocycles. The summed E-state index contributed by atoms with van der Waals surface area (Å²) < 4.78 is 11.4. The first-order valence-electron chi connectivity index (χ1n) is 7.12. The summed E-state index contributed by atoms with van der Waals surface area (Å²) in [6.45, 7) is 0.908. The molecule has 0 amide bonds. The summed E-state index contributed by atoms with van der Waals surface area (Å²) in [5.41, 5.74) is 2.49. The standard InChI is InChI=1S/C15H18BNO2/c1-18-13-5-6-14-11(9-13)7-8-17-15-4-2-3-12(15)10-19-16(14)17/h5-9,12,15H,2-4,10H2,1H3. The van der Waals surface area contributed by atoms with Crippen LogP contribution < -0.4 is 10.2 Å². The fourth-order valence-corrected chi connectivity index (χ4v) is 3.73. The number of nitrogens with zero attached hydrogens (tertiary/aromatic N) is 1. The topological polar surface area (TPSA) is 21.7 Å². The van der Waals surface area contributed by atoms with E-state index in [-0.39, 0.29) is 7.05 Å². The highest BCUT2D eigenvalue weighted by atomic mass is 16.5. The quantitative estimate of drug-likeness (QED) is 0.715. The molecular formula is C15H18BNO2. The van der Waals surface area contributed by atoms with Crippen LogP contribution in [0.3, 0.4) is 0 Å². The summed E-state index contributed by atoms with van der Waals surface area (Å²) >= 11 is 0. The lowest BCUT2D eigenvalue weighted by molar-refractivity contribution is 0.137. The number of benzene rings is 1. The van der Waals surface area contributed by atoms with Crippen LogP contribution in [0, 0.1) is 5.92 Å². The highest BCUT2D eigenvalue weighted by molar-refractivity contribution is 6.66. The fraction of sp³-hybridized carbons (Fsp3) is 0.467. The molecule has 19 heavy (non-hydrogen) atoms. The Labute approximate surface area is 114 Å². The molecule has 2 atom stereocenters. The first-order valence-corrected chi connectivity index (χ1v) is 7.12. The van der Waals surface area contributed by atoms with E-state index < -0.39 is 0 Å². The predicted octanol–water partition coefficient (Wildman–Crippen LogP) is 1.88. The second-order valence-electron chi connectivity index (χ2n) is 5.70. The Hall–Kier alpha value is -1.42.